The monoisotopic (exact) mass is 216 g/mol. The highest BCUT2D eigenvalue weighted by atomic mass is 32.2. The molecule has 0 aromatic carbocycles. The third-order valence-electron chi connectivity index (χ3n) is 2.58. The molecule has 3 atom stereocenters. The molecule has 0 spiro atoms. The summed E-state index contributed by atoms with van der Waals surface area (Å²) in [5.41, 5.74) is 0. The highest BCUT2D eigenvalue weighted by molar-refractivity contribution is 7.99. The van der Waals surface area contributed by atoms with E-state index < -0.39 is 9.52 Å². The van der Waals surface area contributed by atoms with Gasteiger partial charge in [0.2, 0.25) is 0 Å². The number of rotatable bonds is 7. The van der Waals surface area contributed by atoms with Crippen molar-refractivity contribution < 1.29 is 4.21 Å². The van der Waals surface area contributed by atoms with Gasteiger partial charge >= 0.3 is 0 Å². The zero-order valence-corrected chi connectivity index (χ0v) is 10.6. The zero-order valence-electron chi connectivity index (χ0n) is 9.79. The summed E-state index contributed by atoms with van der Waals surface area (Å²) < 4.78 is 11.6. The summed E-state index contributed by atoms with van der Waals surface area (Å²) >= 11 is 0. The minimum Gasteiger partial charge on any atom is -0.268 e. The molecular formula is C12H24OS. The molecule has 0 aliphatic carbocycles. The van der Waals surface area contributed by atoms with E-state index in [-0.39, 0.29) is 0 Å². The summed E-state index contributed by atoms with van der Waals surface area (Å²) in [4.78, 5) is 0. The van der Waals surface area contributed by atoms with Gasteiger partial charge in [0.05, 0.1) is 0 Å². The van der Waals surface area contributed by atoms with E-state index in [4.69, 9.17) is 0 Å². The first kappa shape index (κ1) is 13.8. The lowest BCUT2D eigenvalue weighted by molar-refractivity contribution is 0.368. The van der Waals surface area contributed by atoms with E-state index in [1.165, 1.54) is 12.8 Å². The van der Waals surface area contributed by atoms with Gasteiger partial charge < -0.3 is 0 Å². The predicted octanol–water partition coefficient (Wildman–Crippen LogP) is 2.96. The summed E-state index contributed by atoms with van der Waals surface area (Å²) in [6, 6.07) is 0. The Kier molecular flexibility index (Phi) is 6.17. The molecule has 0 saturated heterocycles. The first-order chi connectivity index (χ1) is 6.40. The van der Waals surface area contributed by atoms with Gasteiger partial charge in [0.1, 0.15) is 0 Å². The van der Waals surface area contributed by atoms with Gasteiger partial charge in [0.15, 0.2) is 0 Å². The third-order valence-corrected chi connectivity index (χ3v) is 3.72. The average Bonchev–Trinajstić information content (AvgIpc) is 2.01. The molecule has 0 aromatic heterocycles. The fourth-order valence-corrected chi connectivity index (χ4v) is 3.19. The van der Waals surface area contributed by atoms with E-state index in [9.17, 15) is 4.21 Å². The van der Waals surface area contributed by atoms with Crippen LogP contribution in [0.4, 0.5) is 0 Å². The van der Waals surface area contributed by atoms with Crippen LogP contribution in [0.2, 0.25) is 0 Å². The first-order valence-corrected chi connectivity index (χ1v) is 7.62. The second kappa shape index (κ2) is 6.28. The normalized spacial score (nSPS) is 19.6. The van der Waals surface area contributed by atoms with Crippen molar-refractivity contribution in [3.63, 3.8) is 0 Å². The molecule has 0 aliphatic heterocycles. The average molecular weight is 216 g/mol. The minimum absolute atomic E-state index is 0.488. The Morgan fingerprint density at radius 3 is 2.43 bits per heavy atom. The number of hydrogen-bond acceptors (Lipinski definition) is 1. The van der Waals surface area contributed by atoms with Gasteiger partial charge in [-0.15, -0.1) is 6.58 Å². The number of hydrogen-bond donors (Lipinski definition) is 0. The lowest BCUT2D eigenvalue weighted by Gasteiger charge is -2.23. The summed E-state index contributed by atoms with van der Waals surface area (Å²) in [7, 11) is -1.86. The standard InChI is InChI=1S/C12H24OS/c1-6-8-11(3)12(9-7-2)10-14(4,5)13/h7,11-12H,2,4,6,8-10H2,1,3,5H3/t11-,12?,14?/m0/s1. The molecule has 84 valence electrons. The highest BCUT2D eigenvalue weighted by Gasteiger charge is 2.17. The zero-order chi connectivity index (χ0) is 11.2. The van der Waals surface area contributed by atoms with Crippen LogP contribution in [0.25, 0.3) is 0 Å². The molecule has 0 radical (unpaired) electrons. The second-order valence-corrected chi connectivity index (χ2v) is 7.10. The lowest BCUT2D eigenvalue weighted by atomic mass is 9.89. The van der Waals surface area contributed by atoms with Crippen molar-refractivity contribution in [2.45, 2.75) is 33.1 Å². The first-order valence-electron chi connectivity index (χ1n) is 5.31. The van der Waals surface area contributed by atoms with Crippen molar-refractivity contribution in [3.05, 3.63) is 12.7 Å². The van der Waals surface area contributed by atoms with E-state index in [1.807, 2.05) is 6.08 Å². The van der Waals surface area contributed by atoms with Crippen LogP contribution < -0.4 is 0 Å². The van der Waals surface area contributed by atoms with E-state index in [0.717, 1.165) is 12.2 Å². The van der Waals surface area contributed by atoms with Crippen LogP contribution >= 0.6 is 0 Å². The van der Waals surface area contributed by atoms with Gasteiger partial charge in [0.25, 0.3) is 0 Å². The molecule has 1 nitrogen and oxygen atoms in total. The summed E-state index contributed by atoms with van der Waals surface area (Å²) in [6.07, 6.45) is 7.04. The van der Waals surface area contributed by atoms with Crippen LogP contribution in [0, 0.1) is 11.8 Å². The van der Waals surface area contributed by atoms with Gasteiger partial charge in [0, 0.05) is 12.0 Å². The molecule has 14 heavy (non-hydrogen) atoms. The number of allylic oxidation sites excluding steroid dienone is 1. The quantitative estimate of drug-likeness (QED) is 0.472. The van der Waals surface area contributed by atoms with Crippen molar-refractivity contribution in [1.29, 1.82) is 0 Å². The molecule has 2 unspecified atom stereocenters. The highest BCUT2D eigenvalue weighted by Crippen LogP contribution is 2.22. The summed E-state index contributed by atoms with van der Waals surface area (Å²) in [5.74, 6) is 5.58. The molecule has 0 aromatic rings. The maximum Gasteiger partial charge on any atom is 0.0190 e. The molecule has 0 rings (SSSR count). The molecule has 0 aliphatic rings. The maximum atomic E-state index is 11.6. The van der Waals surface area contributed by atoms with E-state index in [1.54, 1.807) is 6.26 Å². The molecule has 0 fully saturated rings. The molecular weight excluding hydrogens is 192 g/mol. The van der Waals surface area contributed by atoms with Gasteiger partial charge in [-0.05, 0) is 33.6 Å². The van der Waals surface area contributed by atoms with Gasteiger partial charge in [-0.25, -0.2) is 0 Å². The van der Waals surface area contributed by atoms with Crippen LogP contribution in [0.15, 0.2) is 12.7 Å². The lowest BCUT2D eigenvalue weighted by Crippen LogP contribution is -2.21. The fourth-order valence-electron chi connectivity index (χ4n) is 1.82. The third kappa shape index (κ3) is 6.25. The molecule has 0 saturated carbocycles. The van der Waals surface area contributed by atoms with Crippen molar-refractivity contribution in [1.82, 2.24) is 0 Å². The Morgan fingerprint density at radius 1 is 1.50 bits per heavy atom. The Morgan fingerprint density at radius 2 is 2.07 bits per heavy atom. The largest absolute Gasteiger partial charge is 0.268 e. The van der Waals surface area contributed by atoms with Gasteiger partial charge in [-0.1, -0.05) is 32.8 Å². The smallest absolute Gasteiger partial charge is 0.0190 e. The second-order valence-electron chi connectivity index (χ2n) is 4.40. The fraction of sp³-hybridized carbons (Fsp3) is 0.750. The maximum absolute atomic E-state index is 11.6. The molecule has 0 bridgehead atoms. The van der Waals surface area contributed by atoms with E-state index in [2.05, 4.69) is 26.3 Å². The SMILES string of the molecule is C=CCC(CS(=C)(C)=O)[C@@H](C)CCC. The molecule has 0 heterocycles. The van der Waals surface area contributed by atoms with Crippen LogP contribution in [0.5, 0.6) is 0 Å². The van der Waals surface area contributed by atoms with Crippen molar-refractivity contribution >= 4 is 15.4 Å². The van der Waals surface area contributed by atoms with Crippen molar-refractivity contribution in [2.75, 3.05) is 12.0 Å². The van der Waals surface area contributed by atoms with Crippen molar-refractivity contribution in [3.8, 4) is 0 Å². The molecule has 2 heteroatoms. The van der Waals surface area contributed by atoms with Crippen LogP contribution in [0.3, 0.4) is 0 Å². The minimum atomic E-state index is -1.86. The van der Waals surface area contributed by atoms with Gasteiger partial charge in [-0.2, -0.15) is 0 Å². The topological polar surface area (TPSA) is 17.1 Å². The predicted molar refractivity (Wildman–Crippen MR) is 68.4 cm³/mol. The van der Waals surface area contributed by atoms with Gasteiger partial charge in [-0.3, -0.25) is 4.21 Å². The van der Waals surface area contributed by atoms with Crippen LogP contribution in [0.1, 0.15) is 33.1 Å². The van der Waals surface area contributed by atoms with Crippen LogP contribution in [-0.4, -0.2) is 22.1 Å². The van der Waals surface area contributed by atoms with E-state index in [0.29, 0.717) is 11.8 Å². The van der Waals surface area contributed by atoms with Crippen molar-refractivity contribution in [2.24, 2.45) is 11.8 Å². The summed E-state index contributed by atoms with van der Waals surface area (Å²) in [5, 5.41) is 0. The summed E-state index contributed by atoms with van der Waals surface area (Å²) in [6.45, 7) is 8.19. The molecule has 0 amide bonds. The van der Waals surface area contributed by atoms with Crippen LogP contribution in [-0.2, 0) is 9.52 Å². The van der Waals surface area contributed by atoms with E-state index >= 15 is 0 Å². The Balaban J connectivity index is 4.35. The Hall–Kier alpha value is -0.240. The Bertz CT molecular complexity index is 251. The Labute approximate surface area is 89.6 Å². The molecule has 0 N–H and O–H groups in total.